The largest absolute Gasteiger partial charge is 0.486 e. The summed E-state index contributed by atoms with van der Waals surface area (Å²) in [5.74, 6) is 1.10. The number of benzene rings is 2. The van der Waals surface area contributed by atoms with Crippen LogP contribution in [-0.2, 0) is 9.59 Å². The lowest BCUT2D eigenvalue weighted by atomic mass is 9.56. The van der Waals surface area contributed by atoms with Gasteiger partial charge in [-0.2, -0.15) is 0 Å². The molecule has 164 valence electrons. The van der Waals surface area contributed by atoms with Crippen LogP contribution in [0.5, 0.6) is 5.75 Å². The molecule has 4 rings (SSSR count). The van der Waals surface area contributed by atoms with Crippen molar-refractivity contribution >= 4 is 34.9 Å². The summed E-state index contributed by atoms with van der Waals surface area (Å²) in [5, 5.41) is 4.50. The highest BCUT2D eigenvalue weighted by Gasteiger charge is 2.57. The molecule has 31 heavy (non-hydrogen) atoms. The second-order valence-electron chi connectivity index (χ2n) is 9.10. The number of Topliss-reactive ketones (excluding diaryl/α,β-unsaturated/α-hetero) is 1. The number of hydrogen-bond acceptors (Lipinski definition) is 3. The Kier molecular flexibility index (Phi) is 6.06. The van der Waals surface area contributed by atoms with Gasteiger partial charge in [-0.3, -0.25) is 9.59 Å². The van der Waals surface area contributed by atoms with Gasteiger partial charge in [0.05, 0.1) is 5.41 Å². The smallest absolute Gasteiger partial charge is 0.226 e. The van der Waals surface area contributed by atoms with Crippen molar-refractivity contribution in [2.75, 3.05) is 6.61 Å². The van der Waals surface area contributed by atoms with Crippen molar-refractivity contribution in [3.8, 4) is 5.75 Å². The minimum absolute atomic E-state index is 0.0260. The topological polar surface area (TPSA) is 55.4 Å². The van der Waals surface area contributed by atoms with Gasteiger partial charge in [0.25, 0.3) is 0 Å². The van der Waals surface area contributed by atoms with E-state index in [0.29, 0.717) is 15.8 Å². The fourth-order valence-electron chi connectivity index (χ4n) is 5.59. The van der Waals surface area contributed by atoms with Gasteiger partial charge in [0.15, 0.2) is 5.78 Å². The number of hydrogen-bond donors (Lipinski definition) is 1. The Morgan fingerprint density at radius 1 is 1.19 bits per heavy atom. The molecule has 1 saturated carbocycles. The Morgan fingerprint density at radius 3 is 2.55 bits per heavy atom. The minimum Gasteiger partial charge on any atom is -0.486 e. The fourth-order valence-corrected chi connectivity index (χ4v) is 6.03. The summed E-state index contributed by atoms with van der Waals surface area (Å²) in [7, 11) is 0. The predicted octanol–water partition coefficient (Wildman–Crippen LogP) is 5.76. The third-order valence-corrected chi connectivity index (χ3v) is 7.59. The second kappa shape index (κ2) is 8.48. The second-order valence-corrected chi connectivity index (χ2v) is 9.95. The summed E-state index contributed by atoms with van der Waals surface area (Å²) in [6.07, 6.45) is 1.66. The van der Waals surface area contributed by atoms with E-state index < -0.39 is 5.41 Å². The van der Waals surface area contributed by atoms with Crippen LogP contribution in [0.1, 0.15) is 56.6 Å². The number of rotatable bonds is 5. The molecule has 2 fully saturated rings. The predicted molar refractivity (Wildman–Crippen MR) is 123 cm³/mol. The maximum atomic E-state index is 12.9. The van der Waals surface area contributed by atoms with Crippen molar-refractivity contribution in [1.29, 1.82) is 0 Å². The van der Waals surface area contributed by atoms with Gasteiger partial charge in [0, 0.05) is 22.0 Å². The molecule has 0 aromatic heterocycles. The lowest BCUT2D eigenvalue weighted by Crippen LogP contribution is -2.42. The van der Waals surface area contributed by atoms with Gasteiger partial charge in [0.1, 0.15) is 12.4 Å². The molecule has 0 spiro atoms. The molecule has 1 aliphatic carbocycles. The molecule has 0 radical (unpaired) electrons. The lowest BCUT2D eigenvalue weighted by Gasteiger charge is -2.46. The first kappa shape index (κ1) is 22.2. The van der Waals surface area contributed by atoms with Crippen LogP contribution >= 0.6 is 23.2 Å². The molecule has 0 bridgehead atoms. The molecule has 1 N–H and O–H groups in total. The average molecular weight is 460 g/mol. The van der Waals surface area contributed by atoms with Gasteiger partial charge >= 0.3 is 0 Å². The SMILES string of the molecule is CC(=O)COc1ccc([C@@H]2CC[C@@]3(C)C(=O)N[C@H](C)[C@H]3[C@H]2c2ccc(Cl)cc2)c(Cl)c1. The van der Waals surface area contributed by atoms with Crippen molar-refractivity contribution in [2.45, 2.75) is 51.5 Å². The van der Waals surface area contributed by atoms with E-state index in [2.05, 4.69) is 31.3 Å². The van der Waals surface area contributed by atoms with E-state index in [1.807, 2.05) is 24.3 Å². The third-order valence-electron chi connectivity index (χ3n) is 7.02. The van der Waals surface area contributed by atoms with Crippen LogP contribution in [0.4, 0.5) is 0 Å². The Morgan fingerprint density at radius 2 is 1.90 bits per heavy atom. The van der Waals surface area contributed by atoms with Crippen molar-refractivity contribution < 1.29 is 14.3 Å². The average Bonchev–Trinajstić information content (AvgIpc) is 2.95. The molecule has 0 unspecified atom stereocenters. The lowest BCUT2D eigenvalue weighted by molar-refractivity contribution is -0.129. The van der Waals surface area contributed by atoms with E-state index in [0.717, 1.165) is 18.4 Å². The van der Waals surface area contributed by atoms with Gasteiger partial charge in [0.2, 0.25) is 5.91 Å². The Bertz CT molecular complexity index is 1010. The number of carbonyl (C=O) groups is 2. The number of amides is 1. The quantitative estimate of drug-likeness (QED) is 0.617. The zero-order chi connectivity index (χ0) is 22.3. The van der Waals surface area contributed by atoms with Crippen LogP contribution in [0, 0.1) is 11.3 Å². The zero-order valence-corrected chi connectivity index (χ0v) is 19.5. The maximum Gasteiger partial charge on any atom is 0.226 e. The van der Waals surface area contributed by atoms with Crippen LogP contribution < -0.4 is 10.1 Å². The molecular formula is C25H27Cl2NO3. The summed E-state index contributed by atoms with van der Waals surface area (Å²) in [4.78, 5) is 24.1. The van der Waals surface area contributed by atoms with E-state index in [1.54, 1.807) is 6.07 Å². The summed E-state index contributed by atoms with van der Waals surface area (Å²) < 4.78 is 5.53. The van der Waals surface area contributed by atoms with Gasteiger partial charge in [-0.1, -0.05) is 48.3 Å². The van der Waals surface area contributed by atoms with E-state index >= 15 is 0 Å². The van der Waals surface area contributed by atoms with Crippen molar-refractivity contribution in [3.05, 3.63) is 63.6 Å². The molecule has 1 amide bonds. The van der Waals surface area contributed by atoms with Gasteiger partial charge in [-0.25, -0.2) is 0 Å². The molecule has 5 atom stereocenters. The molecule has 1 saturated heterocycles. The summed E-state index contributed by atoms with van der Waals surface area (Å²) in [5.41, 5.74) is 1.81. The van der Waals surface area contributed by atoms with E-state index in [9.17, 15) is 9.59 Å². The van der Waals surface area contributed by atoms with E-state index in [-0.39, 0.29) is 42.1 Å². The van der Waals surface area contributed by atoms with Gasteiger partial charge < -0.3 is 10.1 Å². The monoisotopic (exact) mass is 459 g/mol. The number of ether oxygens (including phenoxy) is 1. The fraction of sp³-hybridized carbons (Fsp3) is 0.440. The normalized spacial score (nSPS) is 29.9. The van der Waals surface area contributed by atoms with Crippen LogP contribution in [0.25, 0.3) is 0 Å². The molecule has 2 aromatic carbocycles. The van der Waals surface area contributed by atoms with Crippen LogP contribution in [0.15, 0.2) is 42.5 Å². The van der Waals surface area contributed by atoms with Crippen molar-refractivity contribution in [3.63, 3.8) is 0 Å². The molecule has 1 heterocycles. The summed E-state index contributed by atoms with van der Waals surface area (Å²) in [6.45, 7) is 5.71. The van der Waals surface area contributed by atoms with Crippen LogP contribution in [0.3, 0.4) is 0 Å². The number of halogens is 2. The Hall–Kier alpha value is -2.04. The highest BCUT2D eigenvalue weighted by atomic mass is 35.5. The van der Waals surface area contributed by atoms with Crippen molar-refractivity contribution in [1.82, 2.24) is 5.32 Å². The highest BCUT2D eigenvalue weighted by molar-refractivity contribution is 6.31. The number of carbonyl (C=O) groups excluding carboxylic acids is 2. The van der Waals surface area contributed by atoms with Gasteiger partial charge in [-0.15, -0.1) is 0 Å². The van der Waals surface area contributed by atoms with Crippen LogP contribution in [-0.4, -0.2) is 24.3 Å². The molecule has 2 aliphatic rings. The summed E-state index contributed by atoms with van der Waals surface area (Å²) in [6, 6.07) is 13.7. The van der Waals surface area contributed by atoms with Crippen molar-refractivity contribution in [2.24, 2.45) is 11.3 Å². The molecule has 2 aromatic rings. The maximum absolute atomic E-state index is 12.9. The van der Waals surface area contributed by atoms with Crippen LogP contribution in [0.2, 0.25) is 10.0 Å². The number of ketones is 1. The first-order valence-electron chi connectivity index (χ1n) is 10.7. The van der Waals surface area contributed by atoms with E-state index in [4.69, 9.17) is 27.9 Å². The number of fused-ring (bicyclic) bond motifs is 1. The molecule has 1 aliphatic heterocycles. The summed E-state index contributed by atoms with van der Waals surface area (Å²) >= 11 is 12.9. The van der Waals surface area contributed by atoms with E-state index in [1.165, 1.54) is 12.5 Å². The standard InChI is InChI=1S/C25H27Cl2NO3/c1-14(29)13-31-18-8-9-19(21(27)12-18)20-10-11-25(3)23(15(2)28-24(25)30)22(20)16-4-6-17(26)7-5-16/h4-9,12,15,20,22-23H,10-11,13H2,1-3H3,(H,28,30)/t15-,20+,22+,23+,25-/m1/s1. The molecular weight excluding hydrogens is 433 g/mol. The van der Waals surface area contributed by atoms with Gasteiger partial charge in [-0.05, 0) is 73.9 Å². The first-order valence-corrected chi connectivity index (χ1v) is 11.4. The minimum atomic E-state index is -0.406. The molecule has 4 nitrogen and oxygen atoms in total. The zero-order valence-electron chi connectivity index (χ0n) is 18.0. The molecule has 6 heteroatoms. The Balaban J connectivity index is 1.75. The number of nitrogens with one attached hydrogen (secondary N) is 1. The third kappa shape index (κ3) is 4.08. The Labute approximate surface area is 193 Å². The highest BCUT2D eigenvalue weighted by Crippen LogP contribution is 2.59. The first-order chi connectivity index (χ1) is 14.7.